The molecule has 0 nitrogen and oxygen atoms in total. The molecule has 6 aromatic carbocycles. The van der Waals surface area contributed by atoms with Crippen LogP contribution in [0.4, 0.5) is 0 Å². The molecule has 0 heterocycles. The summed E-state index contributed by atoms with van der Waals surface area (Å²) in [6, 6.07) is 43.7. The second-order valence-electron chi connectivity index (χ2n) is 9.30. The number of benzene rings is 6. The lowest BCUT2D eigenvalue weighted by molar-refractivity contribution is 1.23. The lowest BCUT2D eigenvalue weighted by atomic mass is 9.95. The summed E-state index contributed by atoms with van der Waals surface area (Å²) in [6.07, 6.45) is 2.18. The molecule has 0 heteroatoms. The molecule has 0 aliphatic heterocycles. The van der Waals surface area contributed by atoms with Crippen molar-refractivity contribution in [1.82, 2.24) is 0 Å². The maximum Gasteiger partial charge on any atom is -0.000718 e. The van der Waals surface area contributed by atoms with Crippen LogP contribution in [-0.4, -0.2) is 0 Å². The standard InChI is InChI=1S/C20H14.C14H10/c1-3-7-16-14(6-1)12-19-18(16)10-9-15-11-13-5-2-4-8-17(13)20(15)19;1-3-7-13-11(5-1)9-10-12-6-2-4-8-14(12)13/h1-10H,11-12H2;1-10H. The number of hydrogen-bond acceptors (Lipinski definition) is 0. The summed E-state index contributed by atoms with van der Waals surface area (Å²) in [7, 11) is 0. The Balaban J connectivity index is 0.000000126. The van der Waals surface area contributed by atoms with Crippen molar-refractivity contribution in [3.8, 4) is 22.3 Å². The van der Waals surface area contributed by atoms with Crippen molar-refractivity contribution in [3.05, 3.63) is 144 Å². The molecule has 0 unspecified atom stereocenters. The van der Waals surface area contributed by atoms with Crippen LogP contribution >= 0.6 is 0 Å². The molecule has 0 saturated carbocycles. The smallest absolute Gasteiger partial charge is 0.000718 e. The molecule has 2 aliphatic carbocycles. The van der Waals surface area contributed by atoms with Gasteiger partial charge in [-0.1, -0.05) is 121 Å². The molecule has 8 rings (SSSR count). The van der Waals surface area contributed by atoms with E-state index in [4.69, 9.17) is 0 Å². The van der Waals surface area contributed by atoms with E-state index in [2.05, 4.69) is 121 Å². The zero-order valence-corrected chi connectivity index (χ0v) is 19.0. The topological polar surface area (TPSA) is 0 Å². The monoisotopic (exact) mass is 432 g/mol. The van der Waals surface area contributed by atoms with Crippen LogP contribution in [0.3, 0.4) is 0 Å². The summed E-state index contributed by atoms with van der Waals surface area (Å²) in [5, 5.41) is 5.30. The Kier molecular flexibility index (Phi) is 4.38. The highest BCUT2D eigenvalue weighted by Crippen LogP contribution is 2.47. The average molecular weight is 433 g/mol. The second kappa shape index (κ2) is 7.71. The van der Waals surface area contributed by atoms with Crippen molar-refractivity contribution in [3.63, 3.8) is 0 Å². The maximum absolute atomic E-state index is 2.33. The summed E-state index contributed by atoms with van der Waals surface area (Å²) in [6.45, 7) is 0. The minimum absolute atomic E-state index is 1.09. The normalized spacial score (nSPS) is 12.5. The van der Waals surface area contributed by atoms with E-state index < -0.39 is 0 Å². The van der Waals surface area contributed by atoms with Crippen LogP contribution in [0.2, 0.25) is 0 Å². The van der Waals surface area contributed by atoms with Gasteiger partial charge in [0.05, 0.1) is 0 Å². The molecular weight excluding hydrogens is 408 g/mol. The van der Waals surface area contributed by atoms with Crippen LogP contribution < -0.4 is 0 Å². The fourth-order valence-electron chi connectivity index (χ4n) is 5.82. The molecule has 160 valence electrons. The zero-order valence-electron chi connectivity index (χ0n) is 19.0. The Morgan fingerprint density at radius 3 is 1.62 bits per heavy atom. The first kappa shape index (κ1) is 19.3. The SMILES string of the molecule is c1ccc2c(c1)Cc1c-2ccc2c1-c1ccccc1C2.c1ccc2c(c1)ccc1ccccc12. The predicted molar refractivity (Wildman–Crippen MR) is 144 cm³/mol. The number of hydrogen-bond donors (Lipinski definition) is 0. The molecule has 0 fully saturated rings. The van der Waals surface area contributed by atoms with Crippen LogP contribution in [0.5, 0.6) is 0 Å². The van der Waals surface area contributed by atoms with E-state index in [1.165, 1.54) is 66.1 Å². The van der Waals surface area contributed by atoms with Crippen LogP contribution in [0.1, 0.15) is 22.3 Å². The van der Waals surface area contributed by atoms with Crippen molar-refractivity contribution >= 4 is 21.5 Å². The number of fused-ring (bicyclic) bond motifs is 10. The van der Waals surface area contributed by atoms with E-state index >= 15 is 0 Å². The van der Waals surface area contributed by atoms with Gasteiger partial charge in [0.25, 0.3) is 0 Å². The van der Waals surface area contributed by atoms with Gasteiger partial charge in [0.15, 0.2) is 0 Å². The quantitative estimate of drug-likeness (QED) is 0.210. The van der Waals surface area contributed by atoms with Gasteiger partial charge in [-0.05, 0) is 78.9 Å². The third-order valence-electron chi connectivity index (χ3n) is 7.40. The van der Waals surface area contributed by atoms with E-state index in [1.807, 2.05) is 0 Å². The summed E-state index contributed by atoms with van der Waals surface area (Å²) >= 11 is 0. The number of rotatable bonds is 0. The first-order chi connectivity index (χ1) is 16.9. The molecule has 0 saturated heterocycles. The van der Waals surface area contributed by atoms with Crippen LogP contribution in [0, 0.1) is 0 Å². The van der Waals surface area contributed by atoms with Gasteiger partial charge in [0.1, 0.15) is 0 Å². The molecule has 0 amide bonds. The molecule has 0 spiro atoms. The fourth-order valence-corrected chi connectivity index (χ4v) is 5.82. The van der Waals surface area contributed by atoms with E-state index in [9.17, 15) is 0 Å². The largest absolute Gasteiger partial charge is 0.0619 e. The Morgan fingerprint density at radius 2 is 0.912 bits per heavy atom. The Labute approximate surface area is 200 Å². The van der Waals surface area contributed by atoms with Crippen LogP contribution in [-0.2, 0) is 12.8 Å². The molecule has 6 aromatic rings. The first-order valence-corrected chi connectivity index (χ1v) is 12.0. The van der Waals surface area contributed by atoms with Gasteiger partial charge in [-0.2, -0.15) is 0 Å². The van der Waals surface area contributed by atoms with E-state index in [-0.39, 0.29) is 0 Å². The Bertz CT molecular complexity index is 1650. The van der Waals surface area contributed by atoms with Gasteiger partial charge in [0, 0.05) is 0 Å². The predicted octanol–water partition coefficient (Wildman–Crippen LogP) is 8.82. The van der Waals surface area contributed by atoms with Crippen molar-refractivity contribution in [2.45, 2.75) is 12.8 Å². The molecule has 0 radical (unpaired) electrons. The van der Waals surface area contributed by atoms with Crippen LogP contribution in [0.25, 0.3) is 43.8 Å². The van der Waals surface area contributed by atoms with Gasteiger partial charge >= 0.3 is 0 Å². The van der Waals surface area contributed by atoms with E-state index in [0.29, 0.717) is 0 Å². The van der Waals surface area contributed by atoms with Crippen molar-refractivity contribution in [2.24, 2.45) is 0 Å². The molecule has 0 N–H and O–H groups in total. The lowest BCUT2D eigenvalue weighted by Gasteiger charge is -2.08. The molecule has 34 heavy (non-hydrogen) atoms. The average Bonchev–Trinajstić information content (AvgIpc) is 3.47. The first-order valence-electron chi connectivity index (χ1n) is 12.0. The summed E-state index contributed by atoms with van der Waals surface area (Å²) in [4.78, 5) is 0. The Morgan fingerprint density at radius 1 is 0.353 bits per heavy atom. The van der Waals surface area contributed by atoms with Gasteiger partial charge in [0.2, 0.25) is 0 Å². The van der Waals surface area contributed by atoms with Gasteiger partial charge in [-0.25, -0.2) is 0 Å². The van der Waals surface area contributed by atoms with Crippen molar-refractivity contribution in [2.75, 3.05) is 0 Å². The van der Waals surface area contributed by atoms with Crippen LogP contribution in [0.15, 0.2) is 121 Å². The summed E-state index contributed by atoms with van der Waals surface area (Å²) < 4.78 is 0. The third-order valence-corrected chi connectivity index (χ3v) is 7.40. The van der Waals surface area contributed by atoms with E-state index in [0.717, 1.165) is 12.8 Å². The minimum atomic E-state index is 1.09. The molecule has 0 bridgehead atoms. The van der Waals surface area contributed by atoms with Crippen molar-refractivity contribution < 1.29 is 0 Å². The summed E-state index contributed by atoms with van der Waals surface area (Å²) in [5.41, 5.74) is 11.8. The van der Waals surface area contributed by atoms with Gasteiger partial charge in [-0.3, -0.25) is 0 Å². The van der Waals surface area contributed by atoms with Gasteiger partial charge in [-0.15, -0.1) is 0 Å². The Hall–Kier alpha value is -4.16. The van der Waals surface area contributed by atoms with Crippen molar-refractivity contribution in [1.29, 1.82) is 0 Å². The minimum Gasteiger partial charge on any atom is -0.0619 e. The highest BCUT2D eigenvalue weighted by Gasteiger charge is 2.27. The summed E-state index contributed by atoms with van der Waals surface area (Å²) in [5.74, 6) is 0. The molecule has 2 aliphatic rings. The van der Waals surface area contributed by atoms with E-state index in [1.54, 1.807) is 0 Å². The second-order valence-corrected chi connectivity index (χ2v) is 9.30. The zero-order chi connectivity index (χ0) is 22.5. The highest BCUT2D eigenvalue weighted by molar-refractivity contribution is 6.07. The van der Waals surface area contributed by atoms with Gasteiger partial charge < -0.3 is 0 Å². The lowest BCUT2D eigenvalue weighted by Crippen LogP contribution is -1.88. The highest BCUT2D eigenvalue weighted by atomic mass is 14.3. The molecule has 0 atom stereocenters. The molecular formula is C34H24. The maximum atomic E-state index is 2.33. The molecule has 0 aromatic heterocycles. The fraction of sp³-hybridized carbons (Fsp3) is 0.0588. The third kappa shape index (κ3) is 2.99.